The zero-order chi connectivity index (χ0) is 17.9. The van der Waals surface area contributed by atoms with Crippen molar-refractivity contribution in [2.75, 3.05) is 0 Å². The van der Waals surface area contributed by atoms with E-state index in [4.69, 9.17) is 0 Å². The van der Waals surface area contributed by atoms with E-state index in [1.807, 2.05) is 66.3 Å². The fourth-order valence-corrected chi connectivity index (χ4v) is 3.18. The van der Waals surface area contributed by atoms with Crippen molar-refractivity contribution < 1.29 is 4.57 Å². The number of nitrogens with one attached hydrogen (secondary N) is 1. The first-order chi connectivity index (χ1) is 12.7. The summed E-state index contributed by atoms with van der Waals surface area (Å²) in [5.41, 5.74) is 5.65. The van der Waals surface area contributed by atoms with Gasteiger partial charge in [-0.05, 0) is 29.7 Å². The van der Waals surface area contributed by atoms with Gasteiger partial charge in [-0.25, -0.2) is 0 Å². The lowest BCUT2D eigenvalue weighted by atomic mass is 9.99. The van der Waals surface area contributed by atoms with Gasteiger partial charge < -0.3 is 4.98 Å². The van der Waals surface area contributed by atoms with E-state index in [2.05, 4.69) is 41.4 Å². The van der Waals surface area contributed by atoms with E-state index >= 15 is 0 Å². The lowest BCUT2D eigenvalue weighted by Gasteiger charge is -2.08. The van der Waals surface area contributed by atoms with Gasteiger partial charge in [-0.15, -0.1) is 0 Å². The number of aromatic amines is 1. The Labute approximate surface area is 152 Å². The molecule has 4 rings (SSSR count). The topological polar surface area (TPSA) is 36.7 Å². The molecular formula is C23H19N2O+. The van der Waals surface area contributed by atoms with Gasteiger partial charge in [-0.3, -0.25) is 4.79 Å². The third kappa shape index (κ3) is 3.07. The fourth-order valence-electron chi connectivity index (χ4n) is 3.18. The predicted octanol–water partition coefficient (Wildman–Crippen LogP) is 4.29. The normalized spacial score (nSPS) is 10.7. The molecular weight excluding hydrogens is 320 g/mol. The van der Waals surface area contributed by atoms with Crippen LogP contribution < -0.4 is 10.1 Å². The predicted molar refractivity (Wildman–Crippen MR) is 104 cm³/mol. The molecule has 0 unspecified atom stereocenters. The van der Waals surface area contributed by atoms with Gasteiger partial charge in [0.25, 0.3) is 5.69 Å². The maximum absolute atomic E-state index is 12.6. The second kappa shape index (κ2) is 6.81. The summed E-state index contributed by atoms with van der Waals surface area (Å²) in [7, 11) is 0. The van der Waals surface area contributed by atoms with Crippen LogP contribution in [0.3, 0.4) is 0 Å². The Balaban J connectivity index is 1.85. The van der Waals surface area contributed by atoms with Gasteiger partial charge in [-0.2, -0.15) is 4.57 Å². The molecule has 26 heavy (non-hydrogen) atoms. The summed E-state index contributed by atoms with van der Waals surface area (Å²) in [6, 6.07) is 26.4. The van der Waals surface area contributed by atoms with E-state index in [0.717, 1.165) is 22.4 Å². The van der Waals surface area contributed by atoms with Crippen molar-refractivity contribution in [2.24, 2.45) is 0 Å². The average Bonchev–Trinajstić information content (AvgIpc) is 2.69. The molecule has 0 fully saturated rings. The molecule has 0 spiro atoms. The molecule has 0 saturated carbocycles. The second-order valence-electron chi connectivity index (χ2n) is 6.27. The summed E-state index contributed by atoms with van der Waals surface area (Å²) in [5.74, 6) is 0. The molecule has 1 N–H and O–H groups in total. The minimum absolute atomic E-state index is 0.0941. The van der Waals surface area contributed by atoms with Crippen molar-refractivity contribution in [3.8, 4) is 27.9 Å². The van der Waals surface area contributed by atoms with Crippen LogP contribution >= 0.6 is 0 Å². The van der Waals surface area contributed by atoms with Crippen molar-refractivity contribution in [3.05, 3.63) is 107 Å². The number of hydrogen-bond donors (Lipinski definition) is 1. The first-order valence-corrected chi connectivity index (χ1v) is 8.59. The van der Waals surface area contributed by atoms with Gasteiger partial charge in [0.15, 0.2) is 12.4 Å². The first-order valence-electron chi connectivity index (χ1n) is 8.59. The third-order valence-corrected chi connectivity index (χ3v) is 4.42. The van der Waals surface area contributed by atoms with Gasteiger partial charge in [-0.1, -0.05) is 60.7 Å². The molecule has 0 radical (unpaired) electrons. The van der Waals surface area contributed by atoms with Crippen molar-refractivity contribution in [2.45, 2.75) is 6.92 Å². The molecule has 3 nitrogen and oxygen atoms in total. The minimum atomic E-state index is -0.0941. The van der Waals surface area contributed by atoms with Crippen LogP contribution in [0.15, 0.2) is 96.1 Å². The van der Waals surface area contributed by atoms with Gasteiger partial charge in [0.1, 0.15) is 0 Å². The van der Waals surface area contributed by atoms with Gasteiger partial charge >= 0.3 is 5.56 Å². The van der Waals surface area contributed by atoms with Gasteiger partial charge in [0.05, 0.1) is 5.56 Å². The van der Waals surface area contributed by atoms with Crippen LogP contribution in [0.4, 0.5) is 0 Å². The van der Waals surface area contributed by atoms with E-state index in [1.54, 1.807) is 0 Å². The number of aromatic nitrogens is 2. The first kappa shape index (κ1) is 16.0. The lowest BCUT2D eigenvalue weighted by Crippen LogP contribution is -2.37. The highest BCUT2D eigenvalue weighted by Crippen LogP contribution is 2.26. The van der Waals surface area contributed by atoms with Crippen LogP contribution in [0, 0.1) is 6.92 Å². The minimum Gasteiger partial charge on any atom is -0.321 e. The van der Waals surface area contributed by atoms with E-state index in [9.17, 15) is 4.79 Å². The molecule has 2 heterocycles. The zero-order valence-electron chi connectivity index (χ0n) is 14.5. The largest absolute Gasteiger partial charge is 0.321 e. The summed E-state index contributed by atoms with van der Waals surface area (Å²) in [6.07, 6.45) is 3.78. The molecule has 0 aliphatic carbocycles. The number of H-pyrrole nitrogens is 1. The van der Waals surface area contributed by atoms with Crippen LogP contribution in [0.5, 0.6) is 0 Å². The average molecular weight is 339 g/mol. The molecule has 2 aromatic heterocycles. The molecule has 126 valence electrons. The number of rotatable bonds is 3. The lowest BCUT2D eigenvalue weighted by molar-refractivity contribution is -0.596. The summed E-state index contributed by atoms with van der Waals surface area (Å²) in [4.78, 5) is 15.6. The fraction of sp³-hybridized carbons (Fsp3) is 0.0435. The molecule has 0 bridgehead atoms. The SMILES string of the molecule is Cc1cc(-c2ccc(-c3ccccc3)cc2)c(-[n+]2ccccc2)c(=O)[nH]1. The Morgan fingerprint density at radius 1 is 0.731 bits per heavy atom. The molecule has 0 saturated heterocycles. The van der Waals surface area contributed by atoms with Crippen LogP contribution in [0.2, 0.25) is 0 Å². The molecule has 0 amide bonds. The number of pyridine rings is 2. The Morgan fingerprint density at radius 3 is 2.00 bits per heavy atom. The Kier molecular flexibility index (Phi) is 4.20. The highest BCUT2D eigenvalue weighted by Gasteiger charge is 2.19. The van der Waals surface area contributed by atoms with Crippen LogP contribution in [0.1, 0.15) is 5.69 Å². The molecule has 3 heteroatoms. The number of aryl methyl sites for hydroxylation is 1. The quantitative estimate of drug-likeness (QED) is 0.555. The Morgan fingerprint density at radius 2 is 1.31 bits per heavy atom. The molecule has 4 aromatic rings. The summed E-state index contributed by atoms with van der Waals surface area (Å²) in [6.45, 7) is 1.91. The smallest absolute Gasteiger partial charge is 0.321 e. The van der Waals surface area contributed by atoms with Crippen LogP contribution in [-0.4, -0.2) is 4.98 Å². The maximum atomic E-state index is 12.6. The van der Waals surface area contributed by atoms with Gasteiger partial charge in [0.2, 0.25) is 0 Å². The summed E-state index contributed by atoms with van der Waals surface area (Å²) in [5, 5.41) is 0. The Hall–Kier alpha value is -3.46. The number of benzene rings is 2. The van der Waals surface area contributed by atoms with E-state index in [1.165, 1.54) is 5.56 Å². The Bertz CT molecular complexity index is 1080. The molecule has 0 aliphatic heterocycles. The molecule has 0 aliphatic rings. The molecule has 2 aromatic carbocycles. The van der Waals surface area contributed by atoms with Crippen molar-refractivity contribution in [1.82, 2.24) is 4.98 Å². The number of nitrogens with zero attached hydrogens (tertiary/aromatic N) is 1. The van der Waals surface area contributed by atoms with E-state index in [0.29, 0.717) is 5.69 Å². The van der Waals surface area contributed by atoms with Crippen molar-refractivity contribution in [1.29, 1.82) is 0 Å². The summed E-state index contributed by atoms with van der Waals surface area (Å²) < 4.78 is 1.86. The zero-order valence-corrected chi connectivity index (χ0v) is 14.5. The molecule has 0 atom stereocenters. The summed E-state index contributed by atoms with van der Waals surface area (Å²) >= 11 is 0. The third-order valence-electron chi connectivity index (χ3n) is 4.42. The number of hydrogen-bond acceptors (Lipinski definition) is 1. The van der Waals surface area contributed by atoms with Crippen LogP contribution in [-0.2, 0) is 0 Å². The van der Waals surface area contributed by atoms with Crippen LogP contribution in [0.25, 0.3) is 27.9 Å². The van der Waals surface area contributed by atoms with Crippen molar-refractivity contribution >= 4 is 0 Å². The highest BCUT2D eigenvalue weighted by atomic mass is 16.1. The standard InChI is InChI=1S/C23H18N2O/c1-17-16-21(22(23(26)24-17)25-14-6-3-7-15-25)20-12-10-19(11-13-20)18-8-4-2-5-9-18/h2-16H,1H3/p+1. The highest BCUT2D eigenvalue weighted by molar-refractivity contribution is 5.74. The monoisotopic (exact) mass is 339 g/mol. The van der Waals surface area contributed by atoms with E-state index in [-0.39, 0.29) is 5.56 Å². The van der Waals surface area contributed by atoms with E-state index < -0.39 is 0 Å². The second-order valence-corrected chi connectivity index (χ2v) is 6.27. The maximum Gasteiger partial charge on any atom is 0.321 e. The van der Waals surface area contributed by atoms with Gasteiger partial charge in [0, 0.05) is 17.8 Å². The van der Waals surface area contributed by atoms with Crippen molar-refractivity contribution in [3.63, 3.8) is 0 Å².